The molecule has 1 amide bonds. The molecular weight excluding hydrogens is 230 g/mol. The largest absolute Gasteiger partial charge is 0.342 e. The Morgan fingerprint density at radius 2 is 2.23 bits per heavy atom. The van der Waals surface area contributed by atoms with E-state index in [0.717, 1.165) is 31.3 Å². The normalized spacial score (nSPS) is 20.0. The lowest BCUT2D eigenvalue weighted by atomic mass is 9.98. The fraction of sp³-hybridized carbons (Fsp3) is 0.900. The van der Waals surface area contributed by atoms with Gasteiger partial charge in [-0.05, 0) is 18.3 Å². The van der Waals surface area contributed by atoms with Crippen LogP contribution in [0.15, 0.2) is 0 Å². The maximum atomic E-state index is 11.4. The van der Waals surface area contributed by atoms with Crippen LogP contribution < -0.4 is 0 Å². The molecule has 0 aliphatic carbocycles. The summed E-state index contributed by atoms with van der Waals surface area (Å²) >= 11 is 3.51. The molecule has 13 heavy (non-hydrogen) atoms. The second-order valence-electron chi connectivity index (χ2n) is 4.10. The van der Waals surface area contributed by atoms with Gasteiger partial charge < -0.3 is 4.90 Å². The van der Waals surface area contributed by atoms with Crippen molar-refractivity contribution in [3.63, 3.8) is 0 Å². The highest BCUT2D eigenvalue weighted by Crippen LogP contribution is 2.18. The second-order valence-corrected chi connectivity index (χ2v) is 4.75. The van der Waals surface area contributed by atoms with Gasteiger partial charge in [-0.2, -0.15) is 0 Å². The molecule has 1 heterocycles. The van der Waals surface area contributed by atoms with Crippen LogP contribution in [0.5, 0.6) is 0 Å². The number of carbonyl (C=O) groups excluding carboxylic acids is 1. The van der Waals surface area contributed by atoms with Gasteiger partial charge in [-0.1, -0.05) is 29.8 Å². The summed E-state index contributed by atoms with van der Waals surface area (Å²) in [5, 5.41) is 0.994. The van der Waals surface area contributed by atoms with Gasteiger partial charge in [0, 0.05) is 24.8 Å². The van der Waals surface area contributed by atoms with Gasteiger partial charge in [0.2, 0.25) is 5.91 Å². The number of likely N-dealkylation sites (tertiary alicyclic amines) is 1. The molecule has 2 nitrogen and oxygen atoms in total. The van der Waals surface area contributed by atoms with Crippen molar-refractivity contribution in [2.45, 2.75) is 26.7 Å². The zero-order valence-corrected chi connectivity index (χ0v) is 10.0. The van der Waals surface area contributed by atoms with E-state index in [1.807, 2.05) is 4.90 Å². The zero-order valence-electron chi connectivity index (χ0n) is 8.42. The second kappa shape index (κ2) is 4.99. The van der Waals surface area contributed by atoms with E-state index in [9.17, 15) is 4.79 Å². The molecule has 1 saturated heterocycles. The molecule has 1 rings (SSSR count). The van der Waals surface area contributed by atoms with Gasteiger partial charge >= 0.3 is 0 Å². The molecule has 1 aliphatic heterocycles. The first kappa shape index (κ1) is 11.0. The van der Waals surface area contributed by atoms with Gasteiger partial charge in [0.1, 0.15) is 0 Å². The van der Waals surface area contributed by atoms with E-state index >= 15 is 0 Å². The fourth-order valence-corrected chi connectivity index (χ4v) is 2.57. The van der Waals surface area contributed by atoms with Crippen molar-refractivity contribution in [1.29, 1.82) is 0 Å². The number of nitrogens with zero attached hydrogens (tertiary/aromatic N) is 1. The highest BCUT2D eigenvalue weighted by Gasteiger charge is 2.24. The third-order valence-corrected chi connectivity index (χ3v) is 3.60. The van der Waals surface area contributed by atoms with Crippen molar-refractivity contribution in [3.8, 4) is 0 Å². The van der Waals surface area contributed by atoms with Crippen LogP contribution in [0.1, 0.15) is 26.7 Å². The average Bonchev–Trinajstić information content (AvgIpc) is 2.46. The third kappa shape index (κ3) is 2.97. The standard InChI is InChI=1S/C10H18BrNO/c1-8(2)9(6-11)7-12-5-3-4-10(12)13/h8-9H,3-7H2,1-2H3. The molecule has 0 saturated carbocycles. The maximum absolute atomic E-state index is 11.4. The number of halogens is 1. The Balaban J connectivity index is 2.41. The summed E-state index contributed by atoms with van der Waals surface area (Å²) in [6, 6.07) is 0. The van der Waals surface area contributed by atoms with Gasteiger partial charge in [-0.25, -0.2) is 0 Å². The van der Waals surface area contributed by atoms with E-state index in [1.165, 1.54) is 0 Å². The summed E-state index contributed by atoms with van der Waals surface area (Å²) in [6.45, 7) is 6.33. The van der Waals surface area contributed by atoms with Crippen LogP contribution in [0.25, 0.3) is 0 Å². The van der Waals surface area contributed by atoms with Gasteiger partial charge in [0.05, 0.1) is 0 Å². The number of hydrogen-bond acceptors (Lipinski definition) is 1. The smallest absolute Gasteiger partial charge is 0.222 e. The number of rotatable bonds is 4. The van der Waals surface area contributed by atoms with Crippen molar-refractivity contribution in [2.24, 2.45) is 11.8 Å². The van der Waals surface area contributed by atoms with Gasteiger partial charge in [-0.3, -0.25) is 4.79 Å². The minimum Gasteiger partial charge on any atom is -0.342 e. The third-order valence-electron chi connectivity index (χ3n) is 2.77. The molecule has 0 N–H and O–H groups in total. The van der Waals surface area contributed by atoms with E-state index in [-0.39, 0.29) is 0 Å². The van der Waals surface area contributed by atoms with Crippen LogP contribution in [0.3, 0.4) is 0 Å². The predicted molar refractivity (Wildman–Crippen MR) is 57.9 cm³/mol. The number of amides is 1. The van der Waals surface area contributed by atoms with Crippen molar-refractivity contribution < 1.29 is 4.79 Å². The van der Waals surface area contributed by atoms with Crippen LogP contribution in [-0.4, -0.2) is 29.2 Å². The molecule has 0 aromatic heterocycles. The summed E-state index contributed by atoms with van der Waals surface area (Å²) < 4.78 is 0. The molecular formula is C10H18BrNO. The summed E-state index contributed by atoms with van der Waals surface area (Å²) in [5.74, 6) is 1.58. The van der Waals surface area contributed by atoms with Crippen LogP contribution in [0.4, 0.5) is 0 Å². The van der Waals surface area contributed by atoms with E-state index in [0.29, 0.717) is 17.7 Å². The van der Waals surface area contributed by atoms with Gasteiger partial charge in [-0.15, -0.1) is 0 Å². The van der Waals surface area contributed by atoms with E-state index < -0.39 is 0 Å². The number of hydrogen-bond donors (Lipinski definition) is 0. The molecule has 3 heteroatoms. The van der Waals surface area contributed by atoms with Gasteiger partial charge in [0.15, 0.2) is 0 Å². The summed E-state index contributed by atoms with van der Waals surface area (Å²) in [6.07, 6.45) is 1.80. The summed E-state index contributed by atoms with van der Waals surface area (Å²) in [5.41, 5.74) is 0. The molecule has 76 valence electrons. The first-order chi connectivity index (χ1) is 6.15. The Morgan fingerprint density at radius 3 is 2.62 bits per heavy atom. The molecule has 1 unspecified atom stereocenters. The zero-order chi connectivity index (χ0) is 9.84. The minimum absolute atomic E-state index is 0.339. The quantitative estimate of drug-likeness (QED) is 0.699. The highest BCUT2D eigenvalue weighted by atomic mass is 79.9. The van der Waals surface area contributed by atoms with Gasteiger partial charge in [0.25, 0.3) is 0 Å². The fourth-order valence-electron chi connectivity index (χ4n) is 1.62. The van der Waals surface area contributed by atoms with Crippen LogP contribution in [0.2, 0.25) is 0 Å². The molecule has 1 fully saturated rings. The lowest BCUT2D eigenvalue weighted by molar-refractivity contribution is -0.128. The Labute approximate surface area is 88.8 Å². The molecule has 0 aromatic rings. The highest BCUT2D eigenvalue weighted by molar-refractivity contribution is 9.09. The first-order valence-electron chi connectivity index (χ1n) is 4.99. The SMILES string of the molecule is CC(C)C(CBr)CN1CCCC1=O. The predicted octanol–water partition coefficient (Wildman–Crippen LogP) is 2.28. The monoisotopic (exact) mass is 247 g/mol. The molecule has 1 atom stereocenters. The van der Waals surface area contributed by atoms with Crippen molar-refractivity contribution >= 4 is 21.8 Å². The van der Waals surface area contributed by atoms with Crippen LogP contribution in [-0.2, 0) is 4.79 Å². The Bertz CT molecular complexity index is 182. The van der Waals surface area contributed by atoms with E-state index in [1.54, 1.807) is 0 Å². The first-order valence-corrected chi connectivity index (χ1v) is 6.11. The topological polar surface area (TPSA) is 20.3 Å². The molecule has 0 aromatic carbocycles. The summed E-state index contributed by atoms with van der Waals surface area (Å²) in [7, 11) is 0. The van der Waals surface area contributed by atoms with Crippen molar-refractivity contribution in [3.05, 3.63) is 0 Å². The van der Waals surface area contributed by atoms with Crippen LogP contribution >= 0.6 is 15.9 Å². The van der Waals surface area contributed by atoms with Crippen molar-refractivity contribution in [1.82, 2.24) is 4.90 Å². The number of carbonyl (C=O) groups is 1. The van der Waals surface area contributed by atoms with E-state index in [4.69, 9.17) is 0 Å². The lowest BCUT2D eigenvalue weighted by Crippen LogP contribution is -2.33. The molecule has 0 radical (unpaired) electrons. The average molecular weight is 248 g/mol. The molecule has 0 bridgehead atoms. The van der Waals surface area contributed by atoms with Crippen LogP contribution in [0, 0.1) is 11.8 Å². The molecule has 1 aliphatic rings. The number of alkyl halides is 1. The Hall–Kier alpha value is -0.0500. The Morgan fingerprint density at radius 1 is 1.54 bits per heavy atom. The maximum Gasteiger partial charge on any atom is 0.222 e. The Kier molecular flexibility index (Phi) is 4.23. The summed E-state index contributed by atoms with van der Waals surface area (Å²) in [4.78, 5) is 13.4. The van der Waals surface area contributed by atoms with E-state index in [2.05, 4.69) is 29.8 Å². The van der Waals surface area contributed by atoms with Crippen molar-refractivity contribution in [2.75, 3.05) is 18.4 Å². The lowest BCUT2D eigenvalue weighted by Gasteiger charge is -2.24. The minimum atomic E-state index is 0.339. The molecule has 0 spiro atoms.